The molecular weight excluding hydrogens is 200 g/mol. The van der Waals surface area contributed by atoms with E-state index in [0.717, 1.165) is 17.1 Å². The summed E-state index contributed by atoms with van der Waals surface area (Å²) in [6.07, 6.45) is 2.40. The lowest BCUT2D eigenvalue weighted by Crippen LogP contribution is -2.25. The van der Waals surface area contributed by atoms with E-state index in [4.69, 9.17) is 0 Å². The Morgan fingerprint density at radius 2 is 2.25 bits per heavy atom. The molecule has 1 aromatic rings. The van der Waals surface area contributed by atoms with E-state index in [0.29, 0.717) is 13.0 Å². The minimum atomic E-state index is 0.141. The minimum Gasteiger partial charge on any atom is -0.296 e. The van der Waals surface area contributed by atoms with Crippen LogP contribution in [0.4, 0.5) is 5.82 Å². The largest absolute Gasteiger partial charge is 0.296 e. The molecular formula is C13H16N2O. The number of anilines is 1. The Morgan fingerprint density at radius 1 is 1.50 bits per heavy atom. The van der Waals surface area contributed by atoms with Crippen molar-refractivity contribution >= 4 is 11.7 Å². The fraction of sp³-hybridized carbons (Fsp3) is 0.385. The van der Waals surface area contributed by atoms with Crippen molar-refractivity contribution in [2.45, 2.75) is 20.3 Å². The number of amides is 1. The molecule has 3 heteroatoms. The second-order valence-electron chi connectivity index (χ2n) is 4.35. The van der Waals surface area contributed by atoms with Gasteiger partial charge in [0.15, 0.2) is 0 Å². The normalized spacial score (nSPS) is 20.2. The van der Waals surface area contributed by atoms with Crippen LogP contribution in [0, 0.1) is 19.8 Å². The summed E-state index contributed by atoms with van der Waals surface area (Å²) in [6, 6.07) is 3.96. The van der Waals surface area contributed by atoms with Gasteiger partial charge in [0.25, 0.3) is 0 Å². The lowest BCUT2D eigenvalue weighted by Gasteiger charge is -2.16. The van der Waals surface area contributed by atoms with Crippen molar-refractivity contribution in [3.63, 3.8) is 0 Å². The number of aryl methyl sites for hydroxylation is 2. The molecule has 0 aromatic carbocycles. The highest BCUT2D eigenvalue weighted by Crippen LogP contribution is 2.24. The summed E-state index contributed by atoms with van der Waals surface area (Å²) in [6.45, 7) is 8.41. The van der Waals surface area contributed by atoms with Crippen LogP contribution in [-0.2, 0) is 4.79 Å². The first-order valence-corrected chi connectivity index (χ1v) is 5.48. The first-order chi connectivity index (χ1) is 7.60. The number of aromatic nitrogens is 1. The van der Waals surface area contributed by atoms with E-state index in [-0.39, 0.29) is 11.8 Å². The van der Waals surface area contributed by atoms with Crippen LogP contribution >= 0.6 is 0 Å². The number of carbonyl (C=O) groups excluding carboxylic acids is 1. The molecule has 0 aliphatic carbocycles. The SMILES string of the molecule is C=CC1CC(=O)N(c2cc(C)cc(C)n2)C1. The van der Waals surface area contributed by atoms with Crippen LogP contribution < -0.4 is 4.90 Å². The molecule has 1 fully saturated rings. The summed E-state index contributed by atoms with van der Waals surface area (Å²) in [4.78, 5) is 18.0. The molecule has 1 aliphatic heterocycles. The number of hydrogen-bond acceptors (Lipinski definition) is 2. The maximum absolute atomic E-state index is 11.8. The van der Waals surface area contributed by atoms with E-state index in [1.54, 1.807) is 4.90 Å². The maximum Gasteiger partial charge on any atom is 0.228 e. The molecule has 1 unspecified atom stereocenters. The predicted molar refractivity (Wildman–Crippen MR) is 64.4 cm³/mol. The zero-order valence-corrected chi connectivity index (χ0v) is 9.73. The summed E-state index contributed by atoms with van der Waals surface area (Å²) < 4.78 is 0. The van der Waals surface area contributed by atoms with Gasteiger partial charge < -0.3 is 0 Å². The van der Waals surface area contributed by atoms with Crippen LogP contribution in [0.3, 0.4) is 0 Å². The molecule has 0 bridgehead atoms. The lowest BCUT2D eigenvalue weighted by molar-refractivity contribution is -0.117. The van der Waals surface area contributed by atoms with Crippen LogP contribution in [0.1, 0.15) is 17.7 Å². The second kappa shape index (κ2) is 4.08. The molecule has 1 saturated heterocycles. The quantitative estimate of drug-likeness (QED) is 0.710. The summed E-state index contributed by atoms with van der Waals surface area (Å²) in [7, 11) is 0. The minimum absolute atomic E-state index is 0.141. The third kappa shape index (κ3) is 1.98. The third-order valence-corrected chi connectivity index (χ3v) is 2.85. The fourth-order valence-electron chi connectivity index (χ4n) is 2.07. The topological polar surface area (TPSA) is 33.2 Å². The van der Waals surface area contributed by atoms with Crippen LogP contribution in [0.15, 0.2) is 24.8 Å². The number of nitrogens with zero attached hydrogens (tertiary/aromatic N) is 2. The average molecular weight is 216 g/mol. The van der Waals surface area contributed by atoms with Crippen molar-refractivity contribution in [1.29, 1.82) is 0 Å². The molecule has 0 spiro atoms. The molecule has 0 radical (unpaired) electrons. The lowest BCUT2D eigenvalue weighted by atomic mass is 10.1. The molecule has 1 amide bonds. The molecule has 84 valence electrons. The summed E-state index contributed by atoms with van der Waals surface area (Å²) in [5.41, 5.74) is 2.09. The van der Waals surface area contributed by atoms with E-state index in [9.17, 15) is 4.79 Å². The number of rotatable bonds is 2. The van der Waals surface area contributed by atoms with Gasteiger partial charge in [0.2, 0.25) is 5.91 Å². The van der Waals surface area contributed by atoms with Crippen LogP contribution in [-0.4, -0.2) is 17.4 Å². The van der Waals surface area contributed by atoms with E-state index in [1.807, 2.05) is 32.1 Å². The van der Waals surface area contributed by atoms with Gasteiger partial charge in [-0.15, -0.1) is 6.58 Å². The second-order valence-corrected chi connectivity index (χ2v) is 4.35. The van der Waals surface area contributed by atoms with Crippen LogP contribution in [0.25, 0.3) is 0 Å². The summed E-state index contributed by atoms with van der Waals surface area (Å²) >= 11 is 0. The van der Waals surface area contributed by atoms with E-state index < -0.39 is 0 Å². The standard InChI is InChI=1S/C13H16N2O/c1-4-11-7-13(16)15(8-11)12-6-9(2)5-10(3)14-12/h4-6,11H,1,7-8H2,2-3H3. The first-order valence-electron chi connectivity index (χ1n) is 5.48. The summed E-state index contributed by atoms with van der Waals surface area (Å²) in [5.74, 6) is 1.17. The highest BCUT2D eigenvalue weighted by molar-refractivity contribution is 5.95. The third-order valence-electron chi connectivity index (χ3n) is 2.85. The van der Waals surface area contributed by atoms with Gasteiger partial charge in [-0.05, 0) is 31.5 Å². The van der Waals surface area contributed by atoms with Gasteiger partial charge in [-0.3, -0.25) is 9.69 Å². The van der Waals surface area contributed by atoms with Gasteiger partial charge in [0.05, 0.1) is 0 Å². The molecule has 1 aliphatic rings. The summed E-state index contributed by atoms with van der Waals surface area (Å²) in [5, 5.41) is 0. The van der Waals surface area contributed by atoms with Crippen LogP contribution in [0.5, 0.6) is 0 Å². The smallest absolute Gasteiger partial charge is 0.228 e. The van der Waals surface area contributed by atoms with Crippen molar-refractivity contribution in [3.8, 4) is 0 Å². The molecule has 2 heterocycles. The Hall–Kier alpha value is -1.64. The Bertz CT molecular complexity index is 419. The number of pyridine rings is 1. The fourth-order valence-corrected chi connectivity index (χ4v) is 2.07. The Kier molecular flexibility index (Phi) is 2.77. The molecule has 0 saturated carbocycles. The molecule has 3 nitrogen and oxygen atoms in total. The monoisotopic (exact) mass is 216 g/mol. The van der Waals surface area contributed by atoms with E-state index in [2.05, 4.69) is 11.6 Å². The molecule has 0 N–H and O–H groups in total. The van der Waals surface area contributed by atoms with Gasteiger partial charge in [-0.2, -0.15) is 0 Å². The van der Waals surface area contributed by atoms with Crippen molar-refractivity contribution in [2.24, 2.45) is 5.92 Å². The van der Waals surface area contributed by atoms with Gasteiger partial charge in [0, 0.05) is 24.6 Å². The highest BCUT2D eigenvalue weighted by Gasteiger charge is 2.29. The zero-order valence-electron chi connectivity index (χ0n) is 9.73. The Labute approximate surface area is 95.8 Å². The Morgan fingerprint density at radius 3 is 2.81 bits per heavy atom. The van der Waals surface area contributed by atoms with Gasteiger partial charge in [-0.25, -0.2) is 4.98 Å². The molecule has 2 rings (SSSR count). The maximum atomic E-state index is 11.8. The average Bonchev–Trinajstić information content (AvgIpc) is 2.58. The van der Waals surface area contributed by atoms with Crippen molar-refractivity contribution < 1.29 is 4.79 Å². The number of carbonyl (C=O) groups is 1. The molecule has 1 atom stereocenters. The zero-order chi connectivity index (χ0) is 11.7. The van der Waals surface area contributed by atoms with Gasteiger partial charge >= 0.3 is 0 Å². The predicted octanol–water partition coefficient (Wildman–Crippen LogP) is 2.24. The first kappa shape index (κ1) is 10.9. The van der Waals surface area contributed by atoms with Crippen molar-refractivity contribution in [1.82, 2.24) is 4.98 Å². The molecule has 16 heavy (non-hydrogen) atoms. The van der Waals surface area contributed by atoms with Gasteiger partial charge in [0.1, 0.15) is 5.82 Å². The Balaban J connectivity index is 2.30. The van der Waals surface area contributed by atoms with Gasteiger partial charge in [-0.1, -0.05) is 6.08 Å². The molecule has 1 aromatic heterocycles. The van der Waals surface area contributed by atoms with Crippen molar-refractivity contribution in [3.05, 3.63) is 36.0 Å². The van der Waals surface area contributed by atoms with E-state index in [1.165, 1.54) is 0 Å². The van der Waals surface area contributed by atoms with Crippen LogP contribution in [0.2, 0.25) is 0 Å². The van der Waals surface area contributed by atoms with E-state index >= 15 is 0 Å². The van der Waals surface area contributed by atoms with Crippen molar-refractivity contribution in [2.75, 3.05) is 11.4 Å². The number of hydrogen-bond donors (Lipinski definition) is 0. The highest BCUT2D eigenvalue weighted by atomic mass is 16.2.